The zero-order valence-electron chi connectivity index (χ0n) is 9.51. The van der Waals surface area contributed by atoms with Crippen LogP contribution in [0.15, 0.2) is 35.5 Å². The zero-order chi connectivity index (χ0) is 12.7. The average Bonchev–Trinajstić information content (AvgIpc) is 2.78. The summed E-state index contributed by atoms with van der Waals surface area (Å²) in [4.78, 5) is 18.0. The van der Waals surface area contributed by atoms with Crippen molar-refractivity contribution >= 4 is 11.0 Å². The summed E-state index contributed by atoms with van der Waals surface area (Å²) in [6, 6.07) is 4.75. The van der Waals surface area contributed by atoms with Gasteiger partial charge in [-0.25, -0.2) is 14.1 Å². The Morgan fingerprint density at radius 1 is 1.39 bits per heavy atom. The average molecular weight is 244 g/mol. The third kappa shape index (κ3) is 1.50. The van der Waals surface area contributed by atoms with Gasteiger partial charge < -0.3 is 4.98 Å². The van der Waals surface area contributed by atoms with Crippen molar-refractivity contribution in [2.45, 2.75) is 6.92 Å². The molecule has 5 nitrogen and oxygen atoms in total. The Morgan fingerprint density at radius 3 is 3.00 bits per heavy atom. The largest absolute Gasteiger partial charge is 0.312 e. The maximum atomic E-state index is 13.5. The van der Waals surface area contributed by atoms with Crippen LogP contribution in [-0.2, 0) is 0 Å². The number of benzene rings is 1. The lowest BCUT2D eigenvalue weighted by Crippen LogP contribution is -2.06. The summed E-state index contributed by atoms with van der Waals surface area (Å²) in [5, 5.41) is 4.44. The topological polar surface area (TPSA) is 63.6 Å². The fourth-order valence-corrected chi connectivity index (χ4v) is 1.76. The van der Waals surface area contributed by atoms with Gasteiger partial charge in [0.25, 0.3) is 5.56 Å². The molecule has 0 amide bonds. The van der Waals surface area contributed by atoms with E-state index in [0.717, 1.165) is 0 Å². The Balaban J connectivity index is 2.29. The SMILES string of the molecule is Cc1ccc(-n2ncc3c(=O)[nH]cnc32)cc1F. The first kappa shape index (κ1) is 10.6. The molecule has 3 aromatic rings. The second-order valence-electron chi connectivity index (χ2n) is 3.96. The Kier molecular flexibility index (Phi) is 2.22. The molecule has 0 fully saturated rings. The van der Waals surface area contributed by atoms with Crippen molar-refractivity contribution < 1.29 is 4.39 Å². The lowest BCUT2D eigenvalue weighted by molar-refractivity contribution is 0.616. The summed E-state index contributed by atoms with van der Waals surface area (Å²) in [7, 11) is 0. The number of aromatic amines is 1. The second kappa shape index (κ2) is 3.76. The third-order valence-electron chi connectivity index (χ3n) is 2.77. The Bertz CT molecular complexity index is 790. The molecular weight excluding hydrogens is 235 g/mol. The molecule has 0 radical (unpaired) electrons. The second-order valence-corrected chi connectivity index (χ2v) is 3.96. The lowest BCUT2D eigenvalue weighted by atomic mass is 10.2. The van der Waals surface area contributed by atoms with Crippen molar-refractivity contribution in [1.29, 1.82) is 0 Å². The first-order valence-corrected chi connectivity index (χ1v) is 5.35. The standard InChI is InChI=1S/C12H9FN4O/c1-7-2-3-8(4-10(7)13)17-11-9(5-16-17)12(18)15-6-14-11/h2-6H,1H3,(H,14,15,18). The maximum absolute atomic E-state index is 13.5. The summed E-state index contributed by atoms with van der Waals surface area (Å²) in [6.07, 6.45) is 2.71. The number of halogens is 1. The summed E-state index contributed by atoms with van der Waals surface area (Å²) >= 11 is 0. The molecule has 2 heterocycles. The van der Waals surface area contributed by atoms with E-state index in [9.17, 15) is 9.18 Å². The number of H-pyrrole nitrogens is 1. The van der Waals surface area contributed by atoms with Gasteiger partial charge in [0.1, 0.15) is 11.2 Å². The van der Waals surface area contributed by atoms with Crippen molar-refractivity contribution in [2.75, 3.05) is 0 Å². The first-order valence-electron chi connectivity index (χ1n) is 5.35. The van der Waals surface area contributed by atoms with Gasteiger partial charge in [-0.3, -0.25) is 4.79 Å². The first-order chi connectivity index (χ1) is 8.66. The highest BCUT2D eigenvalue weighted by Gasteiger charge is 2.09. The van der Waals surface area contributed by atoms with Gasteiger partial charge in [0.2, 0.25) is 0 Å². The minimum atomic E-state index is -0.319. The number of rotatable bonds is 1. The molecule has 1 N–H and O–H groups in total. The quantitative estimate of drug-likeness (QED) is 0.706. The van der Waals surface area contributed by atoms with Gasteiger partial charge in [-0.1, -0.05) is 6.07 Å². The highest BCUT2D eigenvalue weighted by molar-refractivity contribution is 5.74. The molecule has 0 saturated heterocycles. The Labute approximate surface area is 101 Å². The monoisotopic (exact) mass is 244 g/mol. The predicted octanol–water partition coefficient (Wildman–Crippen LogP) is 1.56. The normalized spacial score (nSPS) is 11.0. The minimum absolute atomic E-state index is 0.265. The van der Waals surface area contributed by atoms with Gasteiger partial charge in [-0.15, -0.1) is 0 Å². The molecule has 0 unspecified atom stereocenters. The molecule has 0 aliphatic rings. The number of hydrogen-bond donors (Lipinski definition) is 1. The summed E-state index contributed by atoms with van der Waals surface area (Å²) in [5.41, 5.74) is 1.23. The summed E-state index contributed by atoms with van der Waals surface area (Å²) in [5.74, 6) is -0.319. The fraction of sp³-hybridized carbons (Fsp3) is 0.0833. The van der Waals surface area contributed by atoms with E-state index in [2.05, 4.69) is 15.1 Å². The smallest absolute Gasteiger partial charge is 0.261 e. The van der Waals surface area contributed by atoms with Crippen molar-refractivity contribution in [1.82, 2.24) is 19.7 Å². The van der Waals surface area contributed by atoms with Crippen LogP contribution < -0.4 is 5.56 Å². The maximum Gasteiger partial charge on any atom is 0.261 e. The van der Waals surface area contributed by atoms with Gasteiger partial charge in [0.05, 0.1) is 18.2 Å². The van der Waals surface area contributed by atoms with Crippen LogP contribution in [0.2, 0.25) is 0 Å². The van der Waals surface area contributed by atoms with E-state index in [4.69, 9.17) is 0 Å². The van der Waals surface area contributed by atoms with Gasteiger partial charge in [-0.05, 0) is 24.6 Å². The molecule has 1 aromatic carbocycles. The van der Waals surface area contributed by atoms with Crippen molar-refractivity contribution in [3.63, 3.8) is 0 Å². The molecular formula is C12H9FN4O. The van der Waals surface area contributed by atoms with E-state index >= 15 is 0 Å². The molecule has 6 heteroatoms. The van der Waals surface area contributed by atoms with Crippen LogP contribution in [0.25, 0.3) is 16.7 Å². The van der Waals surface area contributed by atoms with Crippen LogP contribution >= 0.6 is 0 Å². The van der Waals surface area contributed by atoms with E-state index in [-0.39, 0.29) is 11.4 Å². The summed E-state index contributed by atoms with van der Waals surface area (Å²) < 4.78 is 15.0. The molecule has 0 aliphatic carbocycles. The van der Waals surface area contributed by atoms with Crippen LogP contribution in [0, 0.1) is 12.7 Å². The van der Waals surface area contributed by atoms with Crippen molar-refractivity contribution in [3.8, 4) is 5.69 Å². The van der Waals surface area contributed by atoms with Crippen LogP contribution in [0.3, 0.4) is 0 Å². The zero-order valence-corrected chi connectivity index (χ0v) is 9.51. The Hall–Kier alpha value is -2.50. The van der Waals surface area contributed by atoms with Crippen LogP contribution in [-0.4, -0.2) is 19.7 Å². The van der Waals surface area contributed by atoms with Gasteiger partial charge in [0.15, 0.2) is 5.65 Å². The van der Waals surface area contributed by atoms with E-state index in [1.54, 1.807) is 19.1 Å². The molecule has 2 aromatic heterocycles. The van der Waals surface area contributed by atoms with Crippen molar-refractivity contribution in [2.24, 2.45) is 0 Å². The molecule has 90 valence electrons. The number of aryl methyl sites for hydroxylation is 1. The third-order valence-corrected chi connectivity index (χ3v) is 2.77. The number of aromatic nitrogens is 4. The van der Waals surface area contributed by atoms with Crippen LogP contribution in [0.4, 0.5) is 4.39 Å². The van der Waals surface area contributed by atoms with Gasteiger partial charge in [0, 0.05) is 0 Å². The minimum Gasteiger partial charge on any atom is -0.312 e. The predicted molar refractivity (Wildman–Crippen MR) is 64.2 cm³/mol. The van der Waals surface area contributed by atoms with Gasteiger partial charge in [-0.2, -0.15) is 5.10 Å². The van der Waals surface area contributed by atoms with Crippen LogP contribution in [0.1, 0.15) is 5.56 Å². The lowest BCUT2D eigenvalue weighted by Gasteiger charge is -2.03. The molecule has 0 aliphatic heterocycles. The van der Waals surface area contributed by atoms with E-state index < -0.39 is 0 Å². The van der Waals surface area contributed by atoms with Gasteiger partial charge >= 0.3 is 0 Å². The number of nitrogens with one attached hydrogen (secondary N) is 1. The highest BCUT2D eigenvalue weighted by atomic mass is 19.1. The molecule has 18 heavy (non-hydrogen) atoms. The highest BCUT2D eigenvalue weighted by Crippen LogP contribution is 2.16. The van der Waals surface area contributed by atoms with E-state index in [0.29, 0.717) is 22.3 Å². The Morgan fingerprint density at radius 2 is 2.22 bits per heavy atom. The summed E-state index contributed by atoms with van der Waals surface area (Å²) in [6.45, 7) is 1.68. The number of hydrogen-bond acceptors (Lipinski definition) is 3. The van der Waals surface area contributed by atoms with Crippen LogP contribution in [0.5, 0.6) is 0 Å². The molecule has 0 saturated carbocycles. The number of nitrogens with zero attached hydrogens (tertiary/aromatic N) is 3. The molecule has 0 atom stereocenters. The van der Waals surface area contributed by atoms with E-state index in [1.807, 2.05) is 0 Å². The van der Waals surface area contributed by atoms with E-state index in [1.165, 1.54) is 23.3 Å². The van der Waals surface area contributed by atoms with Crippen molar-refractivity contribution in [3.05, 3.63) is 52.5 Å². The molecule has 0 bridgehead atoms. The molecule has 3 rings (SSSR count). The number of fused-ring (bicyclic) bond motifs is 1. The molecule has 0 spiro atoms. The fourth-order valence-electron chi connectivity index (χ4n) is 1.76.